The number of fused-ring (bicyclic) bond motifs is 1. The quantitative estimate of drug-likeness (QED) is 0.502. The topological polar surface area (TPSA) is 82.1 Å². The third-order valence-corrected chi connectivity index (χ3v) is 6.62. The highest BCUT2D eigenvalue weighted by Crippen LogP contribution is 2.30. The van der Waals surface area contributed by atoms with Crippen LogP contribution < -0.4 is 10.1 Å². The summed E-state index contributed by atoms with van der Waals surface area (Å²) in [6, 6.07) is 14.4. The Hall–Kier alpha value is -3.11. The van der Waals surface area contributed by atoms with Crippen LogP contribution in [0.5, 0.6) is 5.75 Å². The number of hydrogen-bond donors (Lipinski definition) is 2. The molecule has 1 heterocycles. The predicted molar refractivity (Wildman–Crippen MR) is 139 cm³/mol. The van der Waals surface area contributed by atoms with Gasteiger partial charge in [0.05, 0.1) is 25.5 Å². The molecular weight excluding hydrogens is 499 g/mol. The van der Waals surface area contributed by atoms with Crippen molar-refractivity contribution in [3.8, 4) is 5.75 Å². The maximum absolute atomic E-state index is 13.3. The minimum absolute atomic E-state index is 0.0365. The summed E-state index contributed by atoms with van der Waals surface area (Å²) in [7, 11) is 2.00. The van der Waals surface area contributed by atoms with E-state index >= 15 is 0 Å². The highest BCUT2D eigenvalue weighted by molar-refractivity contribution is 5.91. The van der Waals surface area contributed by atoms with Crippen molar-refractivity contribution in [3.05, 3.63) is 59.7 Å². The Morgan fingerprint density at radius 2 is 1.95 bits per heavy atom. The maximum atomic E-state index is 13.3. The molecule has 10 heteroatoms. The minimum atomic E-state index is -4.42. The number of carbonyl (C=O) groups excluding carboxylic acids is 2. The lowest BCUT2D eigenvalue weighted by Gasteiger charge is -2.34. The summed E-state index contributed by atoms with van der Waals surface area (Å²) in [5, 5.41) is 12.3. The monoisotopic (exact) mass is 535 g/mol. The van der Waals surface area contributed by atoms with Gasteiger partial charge in [-0.05, 0) is 37.7 Å². The molecule has 0 bridgehead atoms. The van der Waals surface area contributed by atoms with E-state index in [4.69, 9.17) is 4.74 Å². The number of rotatable bonds is 9. The number of anilines is 1. The van der Waals surface area contributed by atoms with Crippen LogP contribution in [0.2, 0.25) is 0 Å². The van der Waals surface area contributed by atoms with E-state index in [1.165, 1.54) is 0 Å². The molecule has 3 atom stereocenters. The molecule has 0 aliphatic carbocycles. The number of aliphatic hydroxyl groups is 1. The summed E-state index contributed by atoms with van der Waals surface area (Å²) in [6.07, 6.45) is -6.66. The highest BCUT2D eigenvalue weighted by atomic mass is 19.4. The van der Waals surface area contributed by atoms with Crippen LogP contribution in [0.4, 0.5) is 18.9 Å². The molecule has 38 heavy (non-hydrogen) atoms. The molecule has 0 aromatic heterocycles. The maximum Gasteiger partial charge on any atom is 0.389 e. The molecule has 1 aliphatic heterocycles. The summed E-state index contributed by atoms with van der Waals surface area (Å²) < 4.78 is 43.9. The second kappa shape index (κ2) is 13.1. The first-order valence-electron chi connectivity index (χ1n) is 12.7. The summed E-state index contributed by atoms with van der Waals surface area (Å²) >= 11 is 0. The molecule has 3 rings (SSSR count). The predicted octanol–water partition coefficient (Wildman–Crippen LogP) is 4.25. The van der Waals surface area contributed by atoms with Crippen LogP contribution >= 0.6 is 0 Å². The smallest absolute Gasteiger partial charge is 0.389 e. The van der Waals surface area contributed by atoms with Crippen molar-refractivity contribution in [2.75, 3.05) is 32.1 Å². The fourth-order valence-corrected chi connectivity index (χ4v) is 4.47. The van der Waals surface area contributed by atoms with Gasteiger partial charge in [-0.2, -0.15) is 13.2 Å². The molecule has 2 aromatic carbocycles. The number of hydrogen-bond acceptors (Lipinski definition) is 5. The van der Waals surface area contributed by atoms with Gasteiger partial charge in [0.15, 0.2) is 0 Å². The largest absolute Gasteiger partial charge is 0.488 e. The molecular formula is C28H36F3N3O4. The Kier molecular flexibility index (Phi) is 10.2. The number of amides is 2. The molecule has 1 aliphatic rings. The fourth-order valence-electron chi connectivity index (χ4n) is 4.47. The number of likely N-dealkylation sites (N-methyl/N-ethyl adjacent to an activating group) is 1. The summed E-state index contributed by atoms with van der Waals surface area (Å²) in [5.74, 6) is -0.557. The van der Waals surface area contributed by atoms with E-state index in [9.17, 15) is 27.9 Å². The second-order valence-corrected chi connectivity index (χ2v) is 10.1. The fraction of sp³-hybridized carbons (Fsp3) is 0.500. The summed E-state index contributed by atoms with van der Waals surface area (Å²) in [4.78, 5) is 29.1. The van der Waals surface area contributed by atoms with E-state index in [1.54, 1.807) is 30.0 Å². The zero-order valence-corrected chi connectivity index (χ0v) is 22.0. The van der Waals surface area contributed by atoms with E-state index in [0.29, 0.717) is 36.6 Å². The number of carbonyl (C=O) groups is 2. The van der Waals surface area contributed by atoms with Crippen molar-refractivity contribution in [3.63, 3.8) is 0 Å². The third kappa shape index (κ3) is 8.73. The average Bonchev–Trinajstić information content (AvgIpc) is 2.90. The Balaban J connectivity index is 1.84. The van der Waals surface area contributed by atoms with E-state index in [2.05, 4.69) is 10.2 Å². The van der Waals surface area contributed by atoms with Crippen LogP contribution in [0.15, 0.2) is 48.5 Å². The van der Waals surface area contributed by atoms with Crippen molar-refractivity contribution in [1.29, 1.82) is 0 Å². The lowest BCUT2D eigenvalue weighted by Crippen LogP contribution is -2.47. The Morgan fingerprint density at radius 3 is 2.61 bits per heavy atom. The molecule has 0 saturated heterocycles. The van der Waals surface area contributed by atoms with Crippen molar-refractivity contribution in [2.24, 2.45) is 5.92 Å². The number of nitrogens with one attached hydrogen (secondary N) is 1. The van der Waals surface area contributed by atoms with Crippen molar-refractivity contribution < 1.29 is 32.6 Å². The summed E-state index contributed by atoms with van der Waals surface area (Å²) in [5.41, 5.74) is 1.96. The highest BCUT2D eigenvalue weighted by Gasteiger charge is 2.31. The van der Waals surface area contributed by atoms with Gasteiger partial charge < -0.3 is 20.1 Å². The molecule has 2 amide bonds. The van der Waals surface area contributed by atoms with E-state index in [-0.39, 0.29) is 31.0 Å². The van der Waals surface area contributed by atoms with Gasteiger partial charge in [-0.1, -0.05) is 37.3 Å². The van der Waals surface area contributed by atoms with Gasteiger partial charge in [0, 0.05) is 43.2 Å². The average molecular weight is 536 g/mol. The Bertz CT molecular complexity index is 1080. The molecule has 0 unspecified atom stereocenters. The lowest BCUT2D eigenvalue weighted by molar-refractivity contribution is -0.142. The number of alkyl halides is 3. The molecule has 0 radical (unpaired) electrons. The number of aliphatic hydroxyl groups excluding tert-OH is 1. The standard InChI is InChI=1S/C28H36F3N3O4/c1-19-15-34(20(2)18-35)27(37)14-22-13-23(32-26(36)11-12-28(29,30)31)9-10-24(22)38-25(19)17-33(3)16-21-7-5-4-6-8-21/h4-10,13,19-20,25,35H,11-12,14-18H2,1-3H3,(H,32,36)/t19-,20+,25-/m0/s1. The van der Waals surface area contributed by atoms with Crippen LogP contribution in [0, 0.1) is 5.92 Å². The van der Waals surface area contributed by atoms with E-state index < -0.39 is 31.0 Å². The molecule has 0 fully saturated rings. The molecule has 7 nitrogen and oxygen atoms in total. The molecule has 2 aromatic rings. The third-order valence-electron chi connectivity index (χ3n) is 6.62. The first-order valence-corrected chi connectivity index (χ1v) is 12.7. The molecule has 2 N–H and O–H groups in total. The van der Waals surface area contributed by atoms with Crippen molar-refractivity contribution >= 4 is 17.5 Å². The normalized spacial score (nSPS) is 19.2. The van der Waals surface area contributed by atoms with Crippen LogP contribution in [-0.4, -0.2) is 71.8 Å². The second-order valence-electron chi connectivity index (χ2n) is 10.1. The lowest BCUT2D eigenvalue weighted by atomic mass is 10.0. The first-order chi connectivity index (χ1) is 17.9. The van der Waals surface area contributed by atoms with Crippen molar-refractivity contribution in [2.45, 2.75) is 58.0 Å². The summed E-state index contributed by atoms with van der Waals surface area (Å²) in [6.45, 7) is 5.25. The van der Waals surface area contributed by atoms with Gasteiger partial charge >= 0.3 is 6.18 Å². The zero-order chi connectivity index (χ0) is 27.9. The first kappa shape index (κ1) is 29.4. The number of halogens is 3. The van der Waals surface area contributed by atoms with Crippen LogP contribution in [0.1, 0.15) is 37.8 Å². The minimum Gasteiger partial charge on any atom is -0.488 e. The molecule has 208 valence electrons. The van der Waals surface area contributed by atoms with Gasteiger partial charge in [-0.25, -0.2) is 0 Å². The Morgan fingerprint density at radius 1 is 1.24 bits per heavy atom. The van der Waals surface area contributed by atoms with E-state index in [1.807, 2.05) is 44.3 Å². The number of nitrogens with zero attached hydrogens (tertiary/aromatic N) is 2. The zero-order valence-electron chi connectivity index (χ0n) is 22.0. The van der Waals surface area contributed by atoms with Gasteiger partial charge in [0.2, 0.25) is 11.8 Å². The van der Waals surface area contributed by atoms with Gasteiger partial charge in [0.1, 0.15) is 11.9 Å². The SMILES string of the molecule is C[C@H](CO)N1C[C@H](C)[C@H](CN(C)Cc2ccccc2)Oc2ccc(NC(=O)CCC(F)(F)F)cc2CC1=O. The van der Waals surface area contributed by atoms with Crippen LogP contribution in [-0.2, 0) is 22.6 Å². The van der Waals surface area contributed by atoms with Crippen molar-refractivity contribution in [1.82, 2.24) is 9.80 Å². The number of ether oxygens (including phenoxy) is 1. The van der Waals surface area contributed by atoms with Gasteiger partial charge in [-0.3, -0.25) is 14.5 Å². The Labute approximate surface area is 221 Å². The molecule has 0 saturated carbocycles. The van der Waals surface area contributed by atoms with Crippen LogP contribution in [0.3, 0.4) is 0 Å². The molecule has 0 spiro atoms. The van der Waals surface area contributed by atoms with E-state index in [0.717, 1.165) is 5.56 Å². The van der Waals surface area contributed by atoms with Crippen LogP contribution in [0.25, 0.3) is 0 Å². The van der Waals surface area contributed by atoms with Gasteiger partial charge in [0.25, 0.3) is 0 Å². The van der Waals surface area contributed by atoms with Gasteiger partial charge in [-0.15, -0.1) is 0 Å². The number of benzene rings is 2.